The van der Waals surface area contributed by atoms with Crippen molar-refractivity contribution in [2.75, 3.05) is 20.3 Å². The molecule has 2 heteroatoms. The van der Waals surface area contributed by atoms with E-state index >= 15 is 0 Å². The molecule has 2 nitrogen and oxygen atoms in total. The van der Waals surface area contributed by atoms with Crippen LogP contribution in [0.15, 0.2) is 18.2 Å². The minimum absolute atomic E-state index is 0.503. The van der Waals surface area contributed by atoms with Gasteiger partial charge in [-0.2, -0.15) is 0 Å². The first-order chi connectivity index (χ1) is 6.38. The van der Waals surface area contributed by atoms with Gasteiger partial charge in [-0.25, -0.2) is 0 Å². The van der Waals surface area contributed by atoms with Crippen LogP contribution in [0, 0.1) is 18.4 Å². The van der Waals surface area contributed by atoms with Crippen LogP contribution in [-0.2, 0) is 4.74 Å². The van der Waals surface area contributed by atoms with Gasteiger partial charge in [-0.1, -0.05) is 18.1 Å². The quantitative estimate of drug-likeness (QED) is 0.510. The van der Waals surface area contributed by atoms with Gasteiger partial charge in [0.2, 0.25) is 0 Å². The highest BCUT2D eigenvalue weighted by Crippen LogP contribution is 2.15. The predicted molar refractivity (Wildman–Crippen MR) is 50.6 cm³/mol. The molecule has 0 spiro atoms. The normalized spacial score (nSPS) is 9.23. The Hall–Kier alpha value is -1.46. The molecule has 0 aliphatic carbocycles. The van der Waals surface area contributed by atoms with Crippen LogP contribution in [0.2, 0.25) is 0 Å². The van der Waals surface area contributed by atoms with Crippen LogP contribution < -0.4 is 4.74 Å². The van der Waals surface area contributed by atoms with Crippen molar-refractivity contribution in [3.63, 3.8) is 0 Å². The first-order valence-corrected chi connectivity index (χ1v) is 3.97. The lowest BCUT2D eigenvalue weighted by molar-refractivity contribution is 0.146. The minimum Gasteiger partial charge on any atom is -0.490 e. The number of hydrogen-bond donors (Lipinski definition) is 0. The molecule has 0 bridgehead atoms. The Morgan fingerprint density at radius 3 is 3.08 bits per heavy atom. The summed E-state index contributed by atoms with van der Waals surface area (Å²) in [5.74, 6) is 3.18. The maximum Gasteiger partial charge on any atom is 0.135 e. The molecule has 0 saturated heterocycles. The van der Waals surface area contributed by atoms with Crippen molar-refractivity contribution in [1.29, 1.82) is 0 Å². The van der Waals surface area contributed by atoms with Crippen LogP contribution in [0.1, 0.15) is 5.56 Å². The van der Waals surface area contributed by atoms with Crippen molar-refractivity contribution < 1.29 is 9.47 Å². The highest BCUT2D eigenvalue weighted by Gasteiger charge is 1.98. The number of benzene rings is 1. The second kappa shape index (κ2) is 5.23. The summed E-state index contributed by atoms with van der Waals surface area (Å²) in [5, 5.41) is 0. The first-order valence-electron chi connectivity index (χ1n) is 3.97. The summed E-state index contributed by atoms with van der Waals surface area (Å²) >= 11 is 0. The molecule has 67 valence electrons. The van der Waals surface area contributed by atoms with E-state index in [1.807, 2.05) is 12.1 Å². The lowest BCUT2D eigenvalue weighted by Crippen LogP contribution is -2.05. The van der Waals surface area contributed by atoms with Gasteiger partial charge in [-0.05, 0) is 6.07 Å². The Bertz CT molecular complexity index is 299. The fraction of sp³-hybridized carbons (Fsp3) is 0.273. The summed E-state index contributed by atoms with van der Waals surface area (Å²) in [4.78, 5) is 0. The van der Waals surface area contributed by atoms with E-state index in [1.165, 1.54) is 0 Å². The molecule has 0 amide bonds. The summed E-state index contributed by atoms with van der Waals surface area (Å²) in [6.45, 7) is 1.06. The molecule has 0 aliphatic heterocycles. The number of ether oxygens (including phenoxy) is 2. The van der Waals surface area contributed by atoms with Crippen LogP contribution in [0.25, 0.3) is 0 Å². The lowest BCUT2D eigenvalue weighted by Gasteiger charge is -2.06. The second-order valence-electron chi connectivity index (χ2n) is 2.39. The third kappa shape index (κ3) is 2.81. The predicted octanol–water partition coefficient (Wildman–Crippen LogP) is 1.49. The van der Waals surface area contributed by atoms with Crippen LogP contribution in [0.5, 0.6) is 5.75 Å². The Balaban J connectivity index is 2.60. The zero-order valence-electron chi connectivity index (χ0n) is 7.54. The van der Waals surface area contributed by atoms with E-state index in [2.05, 4.69) is 12.0 Å². The van der Waals surface area contributed by atoms with Gasteiger partial charge in [0.05, 0.1) is 12.2 Å². The van der Waals surface area contributed by atoms with Crippen LogP contribution in [-0.4, -0.2) is 20.3 Å². The zero-order chi connectivity index (χ0) is 9.52. The monoisotopic (exact) mass is 175 g/mol. The summed E-state index contributed by atoms with van der Waals surface area (Å²) in [5.41, 5.74) is 0.651. The van der Waals surface area contributed by atoms with Gasteiger partial charge >= 0.3 is 0 Å². The molecule has 0 fully saturated rings. The van der Waals surface area contributed by atoms with E-state index in [0.29, 0.717) is 24.5 Å². The SMILES string of the molecule is C#Cc1[c]cccc1OCCOC. The number of hydrogen-bond acceptors (Lipinski definition) is 2. The van der Waals surface area contributed by atoms with E-state index in [-0.39, 0.29) is 0 Å². The third-order valence-corrected chi connectivity index (χ3v) is 1.51. The van der Waals surface area contributed by atoms with Gasteiger partial charge < -0.3 is 9.47 Å². The number of terminal acetylenes is 1. The van der Waals surface area contributed by atoms with Crippen LogP contribution in [0.3, 0.4) is 0 Å². The van der Waals surface area contributed by atoms with Gasteiger partial charge in [-0.3, -0.25) is 0 Å². The molecular weight excluding hydrogens is 164 g/mol. The standard InChI is InChI=1S/C11H11O2/c1-3-10-6-4-5-7-11(10)13-9-8-12-2/h1,4-5,7H,8-9H2,2H3. The van der Waals surface area contributed by atoms with Gasteiger partial charge in [0.1, 0.15) is 12.4 Å². The summed E-state index contributed by atoms with van der Waals surface area (Å²) in [6.07, 6.45) is 5.26. The molecule has 0 N–H and O–H groups in total. The van der Waals surface area contributed by atoms with Crippen molar-refractivity contribution >= 4 is 0 Å². The maximum absolute atomic E-state index is 5.37. The lowest BCUT2D eigenvalue weighted by atomic mass is 10.2. The van der Waals surface area contributed by atoms with Crippen molar-refractivity contribution in [2.24, 2.45) is 0 Å². The molecule has 0 atom stereocenters. The van der Waals surface area contributed by atoms with E-state index < -0.39 is 0 Å². The Morgan fingerprint density at radius 1 is 1.54 bits per heavy atom. The molecule has 0 unspecified atom stereocenters. The molecule has 13 heavy (non-hydrogen) atoms. The smallest absolute Gasteiger partial charge is 0.135 e. The van der Waals surface area contributed by atoms with Crippen molar-refractivity contribution in [3.8, 4) is 18.1 Å². The van der Waals surface area contributed by atoms with Crippen LogP contribution in [0.4, 0.5) is 0 Å². The van der Waals surface area contributed by atoms with Gasteiger partial charge in [0.25, 0.3) is 0 Å². The Kier molecular flexibility index (Phi) is 3.87. The molecule has 1 radical (unpaired) electrons. The third-order valence-electron chi connectivity index (χ3n) is 1.51. The minimum atomic E-state index is 0.503. The van der Waals surface area contributed by atoms with Gasteiger partial charge in [-0.15, -0.1) is 6.42 Å². The average molecular weight is 175 g/mol. The zero-order valence-corrected chi connectivity index (χ0v) is 7.54. The van der Waals surface area contributed by atoms with Crippen molar-refractivity contribution in [1.82, 2.24) is 0 Å². The fourth-order valence-corrected chi connectivity index (χ4v) is 0.889. The largest absolute Gasteiger partial charge is 0.490 e. The molecule has 0 aliphatic rings. The Morgan fingerprint density at radius 2 is 2.38 bits per heavy atom. The first kappa shape index (κ1) is 9.63. The highest BCUT2D eigenvalue weighted by molar-refractivity contribution is 5.43. The summed E-state index contributed by atoms with van der Waals surface area (Å²) < 4.78 is 10.2. The Labute approximate surface area is 78.5 Å². The van der Waals surface area contributed by atoms with E-state index in [0.717, 1.165) is 0 Å². The summed E-state index contributed by atoms with van der Waals surface area (Å²) in [7, 11) is 1.63. The summed E-state index contributed by atoms with van der Waals surface area (Å²) in [6, 6.07) is 8.33. The fourth-order valence-electron chi connectivity index (χ4n) is 0.889. The van der Waals surface area contributed by atoms with Gasteiger partial charge in [0.15, 0.2) is 0 Å². The topological polar surface area (TPSA) is 18.5 Å². The molecule has 0 saturated carbocycles. The van der Waals surface area contributed by atoms with Gasteiger partial charge in [0, 0.05) is 13.2 Å². The molecule has 1 aromatic rings. The second-order valence-corrected chi connectivity index (χ2v) is 2.39. The van der Waals surface area contributed by atoms with Crippen molar-refractivity contribution in [3.05, 3.63) is 29.8 Å². The molecule has 1 aromatic carbocycles. The van der Waals surface area contributed by atoms with E-state index in [9.17, 15) is 0 Å². The average Bonchev–Trinajstić information content (AvgIpc) is 2.19. The molecule has 0 heterocycles. The van der Waals surface area contributed by atoms with E-state index in [4.69, 9.17) is 15.9 Å². The highest BCUT2D eigenvalue weighted by atomic mass is 16.5. The molecule has 1 rings (SSSR count). The van der Waals surface area contributed by atoms with Crippen molar-refractivity contribution in [2.45, 2.75) is 0 Å². The number of rotatable bonds is 4. The number of methoxy groups -OCH3 is 1. The molecule has 0 aromatic heterocycles. The molecular formula is C11H11O2. The maximum atomic E-state index is 5.37. The van der Waals surface area contributed by atoms with Crippen LogP contribution >= 0.6 is 0 Å². The van der Waals surface area contributed by atoms with E-state index in [1.54, 1.807) is 13.2 Å².